The van der Waals surface area contributed by atoms with Crippen LogP contribution >= 0.6 is 11.3 Å². The topological polar surface area (TPSA) is 172 Å². The van der Waals surface area contributed by atoms with Gasteiger partial charge < -0.3 is 34.1 Å². The Bertz CT molecular complexity index is 2500. The Morgan fingerprint density at radius 3 is 2.54 bits per heavy atom. The summed E-state index contributed by atoms with van der Waals surface area (Å²) in [4.78, 5) is 84.7. The van der Waals surface area contributed by atoms with Crippen LogP contribution in [0, 0.1) is 11.3 Å². The molecule has 0 aliphatic carbocycles. The molecule has 17 heteroatoms. The molecule has 16 nitrogen and oxygen atoms in total. The second-order valence-electron chi connectivity index (χ2n) is 19.4. The smallest absolute Gasteiger partial charge is 0.324 e. The quantitative estimate of drug-likeness (QED) is 0.142. The number of esters is 1. The molecule has 3 aromatic heterocycles. The van der Waals surface area contributed by atoms with Crippen molar-refractivity contribution in [2.45, 2.75) is 124 Å². The number of nitrogens with one attached hydrogen (secondary N) is 2. The van der Waals surface area contributed by atoms with Crippen molar-refractivity contribution in [2.24, 2.45) is 11.3 Å². The van der Waals surface area contributed by atoms with Crippen molar-refractivity contribution in [1.82, 2.24) is 45.0 Å². The van der Waals surface area contributed by atoms with Crippen molar-refractivity contribution in [3.8, 4) is 22.5 Å². The zero-order valence-electron chi connectivity index (χ0n) is 40.6. The van der Waals surface area contributed by atoms with Crippen LogP contribution in [0.2, 0.25) is 0 Å². The number of aromatic nitrogens is 3. The van der Waals surface area contributed by atoms with Gasteiger partial charge in [-0.25, -0.2) is 15.2 Å². The average molecular weight is 938 g/mol. The fourth-order valence-electron chi connectivity index (χ4n) is 10.1. The Kier molecular flexibility index (Phi) is 14.9. The van der Waals surface area contributed by atoms with E-state index in [1.165, 1.54) is 27.3 Å². The number of nitrogens with zero attached hydrogens (tertiary/aromatic N) is 7. The van der Waals surface area contributed by atoms with Crippen LogP contribution in [0.15, 0.2) is 54.6 Å². The largest absolute Gasteiger partial charge is 0.464 e. The van der Waals surface area contributed by atoms with Gasteiger partial charge in [0.05, 0.1) is 34.8 Å². The first-order valence-electron chi connectivity index (χ1n) is 23.5. The summed E-state index contributed by atoms with van der Waals surface area (Å²) in [5.74, 6) is -1.92. The van der Waals surface area contributed by atoms with Crippen molar-refractivity contribution in [2.75, 3.05) is 40.4 Å². The van der Waals surface area contributed by atoms with Gasteiger partial charge in [-0.2, -0.15) is 0 Å². The van der Waals surface area contributed by atoms with E-state index in [2.05, 4.69) is 66.9 Å². The first kappa shape index (κ1) is 49.3. The average Bonchev–Trinajstić information content (AvgIpc) is 3.90. The number of piperazine rings is 1. The highest BCUT2D eigenvalue weighted by Gasteiger charge is 2.42. The number of urea groups is 1. The Morgan fingerprint density at radius 1 is 1.13 bits per heavy atom. The van der Waals surface area contributed by atoms with Crippen LogP contribution in [0.5, 0.6) is 0 Å². The number of carbonyl (C=O) groups is 5. The van der Waals surface area contributed by atoms with Crippen LogP contribution in [-0.4, -0.2) is 135 Å². The van der Waals surface area contributed by atoms with E-state index >= 15 is 0 Å². The maximum Gasteiger partial charge on any atom is 0.324 e. The Labute approximate surface area is 398 Å². The highest BCUT2D eigenvalue weighted by molar-refractivity contribution is 7.10. The van der Waals surface area contributed by atoms with Gasteiger partial charge in [-0.1, -0.05) is 40.3 Å². The molecule has 2 N–H and O–H groups in total. The summed E-state index contributed by atoms with van der Waals surface area (Å²) in [5.41, 5.74) is 9.24. The van der Waals surface area contributed by atoms with Crippen LogP contribution in [0.4, 0.5) is 4.79 Å². The lowest BCUT2D eigenvalue weighted by molar-refractivity contribution is -0.155. The number of aryl methyl sites for hydroxylation is 1. The first-order chi connectivity index (χ1) is 31.9. The molecule has 6 bridgehead atoms. The third-order valence-corrected chi connectivity index (χ3v) is 14.3. The molecular weight excluding hydrogens is 871 g/mol. The number of benzene rings is 1. The summed E-state index contributed by atoms with van der Waals surface area (Å²) in [6, 6.07) is 6.57. The minimum Gasteiger partial charge on any atom is -0.464 e. The summed E-state index contributed by atoms with van der Waals surface area (Å²) >= 11 is 1.40. The number of hydrogen-bond donors (Lipinski definition) is 2. The molecule has 5 amide bonds. The minimum absolute atomic E-state index is 0.0673. The molecule has 3 aliphatic rings. The molecule has 6 atom stereocenters. The van der Waals surface area contributed by atoms with Crippen LogP contribution < -0.4 is 10.7 Å². The van der Waals surface area contributed by atoms with Gasteiger partial charge in [0.2, 0.25) is 11.8 Å². The number of pyridine rings is 1. The normalized spacial score (nSPS) is 22.2. The van der Waals surface area contributed by atoms with Crippen LogP contribution in [0.25, 0.3) is 33.4 Å². The van der Waals surface area contributed by atoms with Gasteiger partial charge in [-0.05, 0) is 88.8 Å². The molecule has 0 saturated carbocycles. The lowest BCUT2D eigenvalue weighted by Crippen LogP contribution is -2.65. The van der Waals surface area contributed by atoms with Gasteiger partial charge in [0, 0.05) is 97.9 Å². The predicted octanol–water partition coefficient (Wildman–Crippen LogP) is 6.39. The molecular formula is C50H67N9O7S. The zero-order chi connectivity index (χ0) is 48.5. The van der Waals surface area contributed by atoms with E-state index in [0.29, 0.717) is 50.4 Å². The van der Waals surface area contributed by atoms with Gasteiger partial charge in [-0.3, -0.25) is 29.2 Å². The van der Waals surface area contributed by atoms with Crippen LogP contribution in [0.3, 0.4) is 0 Å². The Morgan fingerprint density at radius 2 is 1.87 bits per heavy atom. The fraction of sp³-hybridized carbons (Fsp3) is 0.540. The molecule has 0 unspecified atom stereocenters. The second kappa shape index (κ2) is 20.3. The summed E-state index contributed by atoms with van der Waals surface area (Å²) in [6.07, 6.45) is 4.44. The van der Waals surface area contributed by atoms with E-state index in [1.54, 1.807) is 30.2 Å². The number of likely N-dealkylation sites (N-methyl/N-ethyl adjacent to an activating group) is 1. The Balaban J connectivity index is 1.26. The lowest BCUT2D eigenvalue weighted by Gasteiger charge is -2.46. The zero-order valence-corrected chi connectivity index (χ0v) is 41.4. The van der Waals surface area contributed by atoms with E-state index in [-0.39, 0.29) is 49.1 Å². The number of cyclic esters (lactones) is 1. The number of hydrazine groups is 1. The summed E-state index contributed by atoms with van der Waals surface area (Å²) in [7, 11) is 3.29. The molecule has 6 heterocycles. The lowest BCUT2D eigenvalue weighted by atomic mass is 9.84. The van der Waals surface area contributed by atoms with Gasteiger partial charge in [-0.15, -0.1) is 11.3 Å². The van der Waals surface area contributed by atoms with Crippen molar-refractivity contribution in [3.05, 3.63) is 70.8 Å². The number of thiazole rings is 1. The predicted molar refractivity (Wildman–Crippen MR) is 259 cm³/mol. The molecule has 4 aromatic rings. The molecule has 2 saturated heterocycles. The van der Waals surface area contributed by atoms with E-state index in [1.807, 2.05) is 46.1 Å². The molecule has 0 spiro atoms. The van der Waals surface area contributed by atoms with E-state index in [0.717, 1.165) is 44.7 Å². The van der Waals surface area contributed by atoms with E-state index in [4.69, 9.17) is 19.4 Å². The third kappa shape index (κ3) is 10.1. The highest BCUT2D eigenvalue weighted by Crippen LogP contribution is 2.42. The minimum atomic E-state index is -1.10. The van der Waals surface area contributed by atoms with E-state index in [9.17, 15) is 24.0 Å². The third-order valence-electron chi connectivity index (χ3n) is 13.4. The summed E-state index contributed by atoms with van der Waals surface area (Å²) < 4.78 is 14.2. The molecule has 360 valence electrons. The van der Waals surface area contributed by atoms with Crippen LogP contribution in [0.1, 0.15) is 90.6 Å². The number of fused-ring (bicyclic) bond motifs is 6. The maximum atomic E-state index is 14.7. The highest BCUT2D eigenvalue weighted by atomic mass is 32.1. The van der Waals surface area contributed by atoms with Gasteiger partial charge >= 0.3 is 12.0 Å². The molecule has 0 radical (unpaired) electrons. The van der Waals surface area contributed by atoms with Crippen molar-refractivity contribution in [3.63, 3.8) is 0 Å². The molecule has 3 aliphatic heterocycles. The molecule has 1 aromatic carbocycles. The van der Waals surface area contributed by atoms with Crippen LogP contribution in [-0.2, 0) is 48.0 Å². The van der Waals surface area contributed by atoms with E-state index < -0.39 is 41.3 Å². The SMILES string of the molecule is C=CC(=O)N1C[C@@H](C)N(C(=O)N(C)[C@H](C(=O)N[C@H]2Cc3nc(cs3)-c3ccc4c(c3)c(c(-c3cccnc3[C@H](C)OC)n4CC)CC(C)(C)COC(=O)[C@@H]3CCCN(N3)C2=O)C(C)C)[C@H](C)C1. The number of hydrogen-bond acceptors (Lipinski definition) is 11. The van der Waals surface area contributed by atoms with Gasteiger partial charge in [0.15, 0.2) is 0 Å². The maximum absolute atomic E-state index is 14.7. The fourth-order valence-corrected chi connectivity index (χ4v) is 10.9. The molecule has 2 fully saturated rings. The first-order valence-corrected chi connectivity index (χ1v) is 24.3. The van der Waals surface area contributed by atoms with Crippen molar-refractivity contribution >= 4 is 52.0 Å². The number of carbonyl (C=O) groups excluding carboxylic acids is 5. The van der Waals surface area contributed by atoms with Gasteiger partial charge in [0.25, 0.3) is 5.91 Å². The molecule has 7 rings (SSSR count). The molecule has 67 heavy (non-hydrogen) atoms. The van der Waals surface area contributed by atoms with Gasteiger partial charge in [0.1, 0.15) is 18.1 Å². The standard InChI is InChI=1S/C50H67N9O7S/c1-12-42(60)56-25-30(5)59(31(6)26-56)49(64)55(10)44(29(3)4)46(61)53-38-23-41-52-39(27-67-41)33-18-19-40-35(22-33)36(45(57(40)13-2)34-16-14-20-51-43(34)32(7)65-11)24-50(8,9)28-66-48(63)37-17-15-21-58(54-37)47(38)62/h12,14,16,18-20,22,27,29-32,37-38,44,54H,1,13,15,17,21,23-26,28H2,2-11H3,(H,53,61)/t30-,31-,32+,37+,38+,44+/m1/s1. The van der Waals surface area contributed by atoms with Crippen molar-refractivity contribution < 1.29 is 33.4 Å². The summed E-state index contributed by atoms with van der Waals surface area (Å²) in [6.45, 7) is 21.2. The number of ether oxygens (including phenoxy) is 2. The number of rotatable bonds is 9. The van der Waals surface area contributed by atoms with Crippen molar-refractivity contribution in [1.29, 1.82) is 0 Å². The number of methoxy groups -OCH3 is 1. The number of amides is 5. The monoisotopic (exact) mass is 937 g/mol. The summed E-state index contributed by atoms with van der Waals surface area (Å²) in [5, 5.41) is 8.11. The second-order valence-corrected chi connectivity index (χ2v) is 20.3. The Hall–Kier alpha value is -5.65.